The van der Waals surface area contributed by atoms with E-state index in [0.717, 1.165) is 28.7 Å². The summed E-state index contributed by atoms with van der Waals surface area (Å²) in [6.45, 7) is 7.08. The van der Waals surface area contributed by atoms with Crippen LogP contribution in [0.2, 0.25) is 0 Å². The van der Waals surface area contributed by atoms with E-state index >= 15 is 0 Å². The van der Waals surface area contributed by atoms with Crippen molar-refractivity contribution in [3.8, 4) is 10.6 Å². The van der Waals surface area contributed by atoms with E-state index < -0.39 is 0 Å². The number of aromatic nitrogens is 1. The predicted molar refractivity (Wildman–Crippen MR) is 93.8 cm³/mol. The lowest BCUT2D eigenvalue weighted by molar-refractivity contribution is -0.122. The van der Waals surface area contributed by atoms with Crippen LogP contribution in [0, 0.1) is 0 Å². The number of hydrogen-bond donors (Lipinski definition) is 1. The van der Waals surface area contributed by atoms with Gasteiger partial charge in [-0.2, -0.15) is 11.3 Å². The maximum atomic E-state index is 12.4. The minimum absolute atomic E-state index is 0.114. The summed E-state index contributed by atoms with van der Waals surface area (Å²) in [6, 6.07) is 2.27. The molecule has 3 heterocycles. The Balaban J connectivity index is 1.86. The molecule has 2 aromatic rings. The zero-order valence-corrected chi connectivity index (χ0v) is 14.8. The molecule has 0 saturated carbocycles. The average Bonchev–Trinajstić information content (AvgIpc) is 3.17. The third kappa shape index (κ3) is 2.77. The van der Waals surface area contributed by atoms with Crippen molar-refractivity contribution in [1.29, 1.82) is 0 Å². The number of nitrogens with one attached hydrogen (secondary N) is 1. The van der Waals surface area contributed by atoms with Crippen molar-refractivity contribution in [2.45, 2.75) is 45.7 Å². The summed E-state index contributed by atoms with van der Waals surface area (Å²) >= 11 is 3.39. The molecule has 0 fully saturated rings. The molecule has 1 aliphatic heterocycles. The minimum Gasteiger partial charge on any atom is -0.354 e. The van der Waals surface area contributed by atoms with Crippen molar-refractivity contribution in [2.24, 2.45) is 0 Å². The molecule has 0 aromatic carbocycles. The summed E-state index contributed by atoms with van der Waals surface area (Å²) in [4.78, 5) is 19.4. The van der Waals surface area contributed by atoms with E-state index in [-0.39, 0.29) is 18.0 Å². The highest BCUT2D eigenvalue weighted by Crippen LogP contribution is 2.42. The van der Waals surface area contributed by atoms with Gasteiger partial charge in [0.25, 0.3) is 0 Å². The molecule has 0 spiro atoms. The lowest BCUT2D eigenvalue weighted by Crippen LogP contribution is -2.48. The molecule has 22 heavy (non-hydrogen) atoms. The van der Waals surface area contributed by atoms with E-state index in [1.807, 2.05) is 0 Å². The number of anilines is 1. The van der Waals surface area contributed by atoms with Crippen LogP contribution >= 0.6 is 22.7 Å². The van der Waals surface area contributed by atoms with E-state index in [4.69, 9.17) is 4.98 Å². The molecule has 1 N–H and O–H groups in total. The van der Waals surface area contributed by atoms with Crippen LogP contribution in [0.5, 0.6) is 0 Å². The number of carbonyl (C=O) groups is 1. The van der Waals surface area contributed by atoms with Gasteiger partial charge in [-0.15, -0.1) is 0 Å². The van der Waals surface area contributed by atoms with Crippen molar-refractivity contribution in [3.63, 3.8) is 0 Å². The fourth-order valence-electron chi connectivity index (χ4n) is 2.79. The first-order valence-corrected chi connectivity index (χ1v) is 9.46. The monoisotopic (exact) mass is 335 g/mol. The van der Waals surface area contributed by atoms with Gasteiger partial charge in [0.2, 0.25) is 5.91 Å². The molecule has 4 nitrogen and oxygen atoms in total. The Morgan fingerprint density at radius 1 is 1.55 bits per heavy atom. The van der Waals surface area contributed by atoms with Crippen LogP contribution in [0.4, 0.5) is 5.00 Å². The molecule has 2 aromatic heterocycles. The standard InChI is InChI=1S/C16H21N3OS2/c1-4-6-17-14(20)13-8-12-16(19(13)10(2)3)22-15(18-12)11-5-7-21-9-11/h5,7,9-10,13H,4,6,8H2,1-3H3,(H,17,20). The lowest BCUT2D eigenvalue weighted by Gasteiger charge is -2.29. The van der Waals surface area contributed by atoms with Crippen molar-refractivity contribution in [3.05, 3.63) is 22.5 Å². The second kappa shape index (κ2) is 6.38. The molecular formula is C16H21N3OS2. The zero-order chi connectivity index (χ0) is 15.7. The highest BCUT2D eigenvalue weighted by Gasteiger charge is 2.38. The topological polar surface area (TPSA) is 45.2 Å². The summed E-state index contributed by atoms with van der Waals surface area (Å²) in [5, 5.41) is 9.44. The number of nitrogens with zero attached hydrogens (tertiary/aromatic N) is 2. The van der Waals surface area contributed by atoms with Gasteiger partial charge in [0, 0.05) is 30.0 Å². The highest BCUT2D eigenvalue weighted by atomic mass is 32.1. The molecule has 1 aliphatic rings. The third-order valence-corrected chi connectivity index (χ3v) is 5.65. The third-order valence-electron chi connectivity index (χ3n) is 3.81. The van der Waals surface area contributed by atoms with Gasteiger partial charge in [0.1, 0.15) is 16.1 Å². The fourth-order valence-corrected chi connectivity index (χ4v) is 4.78. The molecular weight excluding hydrogens is 314 g/mol. The first-order chi connectivity index (χ1) is 10.6. The molecule has 0 aliphatic carbocycles. The van der Waals surface area contributed by atoms with Gasteiger partial charge >= 0.3 is 0 Å². The number of thiazole rings is 1. The molecule has 0 bridgehead atoms. The maximum Gasteiger partial charge on any atom is 0.243 e. The van der Waals surface area contributed by atoms with Crippen LogP contribution in [-0.2, 0) is 11.2 Å². The van der Waals surface area contributed by atoms with Gasteiger partial charge in [-0.25, -0.2) is 4.98 Å². The number of hydrogen-bond acceptors (Lipinski definition) is 5. The largest absolute Gasteiger partial charge is 0.354 e. The first kappa shape index (κ1) is 15.5. The van der Waals surface area contributed by atoms with Crippen molar-refractivity contribution in [1.82, 2.24) is 10.3 Å². The number of rotatable bonds is 5. The van der Waals surface area contributed by atoms with Crippen LogP contribution in [0.25, 0.3) is 10.6 Å². The molecule has 1 amide bonds. The Morgan fingerprint density at radius 3 is 3.00 bits per heavy atom. The summed E-state index contributed by atoms with van der Waals surface area (Å²) in [5.41, 5.74) is 2.25. The maximum absolute atomic E-state index is 12.4. The molecule has 0 saturated heterocycles. The molecule has 118 valence electrons. The van der Waals surface area contributed by atoms with Crippen LogP contribution in [-0.4, -0.2) is 29.5 Å². The van der Waals surface area contributed by atoms with E-state index in [2.05, 4.69) is 47.8 Å². The van der Waals surface area contributed by atoms with Crippen LogP contribution in [0.1, 0.15) is 32.9 Å². The Kier molecular flexibility index (Phi) is 4.49. The first-order valence-electron chi connectivity index (χ1n) is 7.70. The average molecular weight is 335 g/mol. The molecule has 3 rings (SSSR count). The van der Waals surface area contributed by atoms with Crippen LogP contribution in [0.15, 0.2) is 16.8 Å². The summed E-state index contributed by atoms with van der Waals surface area (Å²) < 4.78 is 0. The Hall–Kier alpha value is -1.40. The van der Waals surface area contributed by atoms with Crippen LogP contribution in [0.3, 0.4) is 0 Å². The lowest BCUT2D eigenvalue weighted by atomic mass is 10.1. The van der Waals surface area contributed by atoms with E-state index in [9.17, 15) is 4.79 Å². The van der Waals surface area contributed by atoms with Crippen LogP contribution < -0.4 is 10.2 Å². The fraction of sp³-hybridized carbons (Fsp3) is 0.500. The molecule has 1 unspecified atom stereocenters. The number of carbonyl (C=O) groups excluding carboxylic acids is 1. The SMILES string of the molecule is CCCNC(=O)C1Cc2nc(-c3ccsc3)sc2N1C(C)C. The van der Waals surface area contributed by atoms with Gasteiger partial charge < -0.3 is 10.2 Å². The molecule has 1 atom stereocenters. The Morgan fingerprint density at radius 2 is 2.36 bits per heavy atom. The summed E-state index contributed by atoms with van der Waals surface area (Å²) in [5.74, 6) is 0.123. The second-order valence-electron chi connectivity index (χ2n) is 5.79. The summed E-state index contributed by atoms with van der Waals surface area (Å²) in [6.07, 6.45) is 1.67. The summed E-state index contributed by atoms with van der Waals surface area (Å²) in [7, 11) is 0. The van der Waals surface area contributed by atoms with Gasteiger partial charge in [0.05, 0.1) is 5.69 Å². The van der Waals surface area contributed by atoms with Gasteiger partial charge in [0.15, 0.2) is 0 Å². The van der Waals surface area contributed by atoms with Gasteiger partial charge in [-0.05, 0) is 31.7 Å². The van der Waals surface area contributed by atoms with Gasteiger partial charge in [-0.1, -0.05) is 18.3 Å². The minimum atomic E-state index is -0.114. The van der Waals surface area contributed by atoms with E-state index in [1.54, 1.807) is 22.7 Å². The van der Waals surface area contributed by atoms with Gasteiger partial charge in [-0.3, -0.25) is 4.79 Å². The van der Waals surface area contributed by atoms with Crippen molar-refractivity contribution in [2.75, 3.05) is 11.4 Å². The number of thiophene rings is 1. The zero-order valence-electron chi connectivity index (χ0n) is 13.1. The van der Waals surface area contributed by atoms with Crippen molar-refractivity contribution >= 4 is 33.6 Å². The number of fused-ring (bicyclic) bond motifs is 1. The number of amides is 1. The quantitative estimate of drug-likeness (QED) is 0.909. The highest BCUT2D eigenvalue weighted by molar-refractivity contribution is 7.19. The molecule has 6 heteroatoms. The second-order valence-corrected chi connectivity index (χ2v) is 7.55. The van der Waals surface area contributed by atoms with E-state index in [0.29, 0.717) is 6.42 Å². The smallest absolute Gasteiger partial charge is 0.243 e. The van der Waals surface area contributed by atoms with Crippen molar-refractivity contribution < 1.29 is 4.79 Å². The molecule has 0 radical (unpaired) electrons. The predicted octanol–water partition coefficient (Wildman–Crippen LogP) is 3.54. The Labute approximate surface area is 139 Å². The Bertz CT molecular complexity index is 648. The van der Waals surface area contributed by atoms with E-state index in [1.165, 1.54) is 5.56 Å². The normalized spacial score (nSPS) is 17.1.